The largest absolute Gasteiger partial charge is 0.463 e. The molecule has 10 atom stereocenters. The van der Waals surface area contributed by atoms with Crippen molar-refractivity contribution in [1.29, 1.82) is 0 Å². The van der Waals surface area contributed by atoms with E-state index in [-0.39, 0.29) is 4.90 Å². The van der Waals surface area contributed by atoms with Gasteiger partial charge in [-0.25, -0.2) is 13.8 Å². The average Bonchev–Trinajstić information content (AvgIpc) is 3.09. The van der Waals surface area contributed by atoms with Gasteiger partial charge in [-0.15, -0.1) is 0 Å². The molecule has 1 aromatic carbocycles. The highest BCUT2D eigenvalue weighted by molar-refractivity contribution is 7.91. The Labute approximate surface area is 331 Å². The van der Waals surface area contributed by atoms with Crippen LogP contribution in [0.3, 0.4) is 0 Å². The monoisotopic (exact) mass is 849 g/mol. The van der Waals surface area contributed by atoms with Crippen LogP contribution in [0.15, 0.2) is 35.2 Å². The van der Waals surface area contributed by atoms with E-state index in [4.69, 9.17) is 59.6 Å². The van der Waals surface area contributed by atoms with Crippen LogP contribution in [-0.2, 0) is 91.0 Å². The van der Waals surface area contributed by atoms with Gasteiger partial charge in [-0.05, 0) is 24.4 Å². The van der Waals surface area contributed by atoms with E-state index in [0.29, 0.717) is 0 Å². The number of sulfonamides is 1. The van der Waals surface area contributed by atoms with Crippen LogP contribution in [0.25, 0.3) is 0 Å². The van der Waals surface area contributed by atoms with Crippen LogP contribution >= 0.6 is 12.2 Å². The molecule has 3 N–H and O–H groups in total. The Hall–Kier alpha value is -5.01. The zero-order valence-corrected chi connectivity index (χ0v) is 33.3. The molecule has 2 saturated heterocycles. The molecule has 2 aliphatic heterocycles. The Morgan fingerprint density at radius 1 is 0.596 bits per heavy atom. The first-order chi connectivity index (χ1) is 26.7. The zero-order chi connectivity index (χ0) is 42.6. The van der Waals surface area contributed by atoms with Crippen molar-refractivity contribution < 1.29 is 89.3 Å². The van der Waals surface area contributed by atoms with Crippen molar-refractivity contribution in [1.82, 2.24) is 15.6 Å². The summed E-state index contributed by atoms with van der Waals surface area (Å²) in [5, 5.41) is -0.513. The number of esters is 7. The molecular formula is C33H43N3O19S2. The second-order valence-electron chi connectivity index (χ2n) is 12.2. The van der Waals surface area contributed by atoms with Gasteiger partial charge in [0.2, 0.25) is 0 Å². The fourth-order valence-electron chi connectivity index (χ4n) is 5.57. The number of hydrazine groups is 1. The highest BCUT2D eigenvalue weighted by Gasteiger charge is 2.57. The summed E-state index contributed by atoms with van der Waals surface area (Å²) in [5.41, 5.74) is 4.97. The molecule has 2 fully saturated rings. The Morgan fingerprint density at radius 2 is 1.04 bits per heavy atom. The third-order valence-corrected chi connectivity index (χ3v) is 9.24. The van der Waals surface area contributed by atoms with E-state index < -0.39 is 131 Å². The van der Waals surface area contributed by atoms with Gasteiger partial charge in [-0.2, -0.15) is 0 Å². The molecule has 3 rings (SSSR count). The van der Waals surface area contributed by atoms with E-state index >= 15 is 0 Å². The molecular weight excluding hydrogens is 806 g/mol. The average molecular weight is 850 g/mol. The first-order valence-electron chi connectivity index (χ1n) is 16.9. The third-order valence-electron chi connectivity index (χ3n) is 7.54. The molecule has 2 heterocycles. The van der Waals surface area contributed by atoms with Crippen molar-refractivity contribution in [3.63, 3.8) is 0 Å². The highest BCUT2D eigenvalue weighted by atomic mass is 32.2. The molecule has 0 radical (unpaired) electrons. The molecule has 0 saturated carbocycles. The summed E-state index contributed by atoms with van der Waals surface area (Å²) < 4.78 is 84.0. The van der Waals surface area contributed by atoms with Crippen LogP contribution in [0.2, 0.25) is 0 Å². The standard InChI is InChI=1S/C33H43N3O19S2/c1-15(37)46-13-23-26(55-32-30(52-21(7)43)28(50-19(5)41)25(48-17(3)39)24(54-32)14-47-16(2)38)27(49-18(4)40)29(51-20(6)42)31(53-23)34-35-33(56)36-57(44,45)22-11-9-8-10-12-22/h8-12,23-32,34H,13-14H2,1-7H3,(H2,35,36,56)/t23-,24-,25+,26-,27+,28+,29-,30-,31?,32+/m1/s1. The minimum absolute atomic E-state index is 0.126. The minimum Gasteiger partial charge on any atom is -0.463 e. The molecule has 1 unspecified atom stereocenters. The Morgan fingerprint density at radius 3 is 1.53 bits per heavy atom. The number of nitrogens with one attached hydrogen (secondary N) is 3. The van der Waals surface area contributed by atoms with E-state index in [9.17, 15) is 42.0 Å². The zero-order valence-electron chi connectivity index (χ0n) is 31.6. The van der Waals surface area contributed by atoms with Crippen molar-refractivity contribution in [3.8, 4) is 0 Å². The maximum atomic E-state index is 12.8. The van der Waals surface area contributed by atoms with Gasteiger partial charge >= 0.3 is 41.8 Å². The van der Waals surface area contributed by atoms with Gasteiger partial charge in [0, 0.05) is 48.5 Å². The van der Waals surface area contributed by atoms with Crippen molar-refractivity contribution in [2.24, 2.45) is 0 Å². The minimum atomic E-state index is -4.18. The molecule has 22 nitrogen and oxygen atoms in total. The second kappa shape index (κ2) is 20.9. The Kier molecular flexibility index (Phi) is 17.0. The molecule has 316 valence electrons. The lowest BCUT2D eigenvalue weighted by Gasteiger charge is -2.48. The lowest BCUT2D eigenvalue weighted by molar-refractivity contribution is -0.346. The summed E-state index contributed by atoms with van der Waals surface area (Å²) in [6.07, 6.45) is -16.5. The molecule has 0 amide bonds. The van der Waals surface area contributed by atoms with Gasteiger partial charge in [0.15, 0.2) is 48.2 Å². The molecule has 2 aliphatic rings. The number of carbonyl (C=O) groups excluding carboxylic acids is 7. The van der Waals surface area contributed by atoms with Gasteiger partial charge < -0.3 is 47.4 Å². The summed E-state index contributed by atoms with van der Waals surface area (Å²) in [5.74, 6) is -6.29. The quantitative estimate of drug-likeness (QED) is 0.0823. The predicted molar refractivity (Wildman–Crippen MR) is 189 cm³/mol. The number of ether oxygens (including phenoxy) is 10. The number of thiocarbonyl (C=S) groups is 1. The SMILES string of the molecule is CC(=O)OC[C@H]1O[C@@H](O[C@H]2[C@H](OC(C)=O)[C@@H](OC(C)=O)C(NNC(=S)NS(=O)(=O)c3ccccc3)O[C@@H]2COC(C)=O)[C@H](OC(C)=O)[C@@H](OC(C)=O)[C@H]1OC(C)=O. The summed E-state index contributed by atoms with van der Waals surface area (Å²) in [7, 11) is -4.18. The van der Waals surface area contributed by atoms with Crippen LogP contribution in [0.5, 0.6) is 0 Å². The maximum absolute atomic E-state index is 12.8. The Balaban J connectivity index is 2.09. The smallest absolute Gasteiger partial charge is 0.303 e. The lowest BCUT2D eigenvalue weighted by atomic mass is 9.95. The van der Waals surface area contributed by atoms with E-state index in [1.165, 1.54) is 24.3 Å². The van der Waals surface area contributed by atoms with Crippen LogP contribution in [0, 0.1) is 0 Å². The normalized spacial score (nSPS) is 27.0. The van der Waals surface area contributed by atoms with Crippen LogP contribution in [0.4, 0.5) is 0 Å². The van der Waals surface area contributed by atoms with Crippen LogP contribution in [0.1, 0.15) is 48.5 Å². The van der Waals surface area contributed by atoms with E-state index in [0.717, 1.165) is 48.5 Å². The van der Waals surface area contributed by atoms with E-state index in [1.807, 2.05) is 0 Å². The van der Waals surface area contributed by atoms with Gasteiger partial charge in [0.05, 0.1) is 4.90 Å². The fraction of sp³-hybridized carbons (Fsp3) is 0.576. The fourth-order valence-corrected chi connectivity index (χ4v) is 6.89. The molecule has 0 aromatic heterocycles. The first-order valence-corrected chi connectivity index (χ1v) is 18.8. The summed E-state index contributed by atoms with van der Waals surface area (Å²) in [6, 6.07) is 7.21. The molecule has 24 heteroatoms. The molecule has 0 aliphatic carbocycles. The van der Waals surface area contributed by atoms with Gasteiger partial charge in [-0.3, -0.25) is 43.7 Å². The number of hydrogen-bond donors (Lipinski definition) is 3. The third kappa shape index (κ3) is 14.2. The van der Waals surface area contributed by atoms with Crippen LogP contribution in [-0.4, -0.2) is 130 Å². The van der Waals surface area contributed by atoms with Crippen molar-refractivity contribution in [2.75, 3.05) is 13.2 Å². The van der Waals surface area contributed by atoms with Crippen LogP contribution < -0.4 is 15.6 Å². The highest BCUT2D eigenvalue weighted by Crippen LogP contribution is 2.35. The Bertz CT molecular complexity index is 1760. The van der Waals surface area contributed by atoms with E-state index in [2.05, 4.69) is 15.6 Å². The molecule has 57 heavy (non-hydrogen) atoms. The van der Waals surface area contributed by atoms with Crippen molar-refractivity contribution >= 4 is 69.1 Å². The van der Waals surface area contributed by atoms with E-state index in [1.54, 1.807) is 6.07 Å². The van der Waals surface area contributed by atoms with Gasteiger partial charge in [0.25, 0.3) is 10.0 Å². The molecule has 0 spiro atoms. The number of hydrogen-bond acceptors (Lipinski definition) is 21. The summed E-state index contributed by atoms with van der Waals surface area (Å²) in [6.45, 7) is 5.90. The van der Waals surface area contributed by atoms with Crippen molar-refractivity contribution in [3.05, 3.63) is 30.3 Å². The maximum Gasteiger partial charge on any atom is 0.303 e. The van der Waals surface area contributed by atoms with Crippen molar-refractivity contribution in [2.45, 2.75) is 115 Å². The number of rotatable bonds is 15. The summed E-state index contributed by atoms with van der Waals surface area (Å²) >= 11 is 5.15. The molecule has 0 bridgehead atoms. The second-order valence-corrected chi connectivity index (χ2v) is 14.3. The topological polar surface area (TPSA) is 282 Å². The number of carbonyl (C=O) groups is 7. The van der Waals surface area contributed by atoms with Gasteiger partial charge in [0.1, 0.15) is 31.5 Å². The predicted octanol–water partition coefficient (Wildman–Crippen LogP) is -1.04. The summed E-state index contributed by atoms with van der Waals surface area (Å²) in [4.78, 5) is 85.8. The van der Waals surface area contributed by atoms with Gasteiger partial charge in [-0.1, -0.05) is 18.2 Å². The lowest BCUT2D eigenvalue weighted by Crippen LogP contribution is -2.69. The first kappa shape index (κ1) is 46.4. The number of benzene rings is 1. The molecule has 1 aromatic rings.